The lowest BCUT2D eigenvalue weighted by Crippen LogP contribution is -2.10. The molecule has 1 heterocycles. The maximum absolute atomic E-state index is 11.2. The number of fused-ring (bicyclic) bond motifs is 3. The highest BCUT2D eigenvalue weighted by Crippen LogP contribution is 2.18. The molecular formula is C23H15NO2. The highest BCUT2D eigenvalue weighted by molar-refractivity contribution is 6.21. The molecule has 0 bridgehead atoms. The number of benzene rings is 3. The molecular weight excluding hydrogens is 322 g/mol. The molecule has 3 aromatic carbocycles. The summed E-state index contributed by atoms with van der Waals surface area (Å²) in [6, 6.07) is 25.4. The summed E-state index contributed by atoms with van der Waals surface area (Å²) in [6.45, 7) is 0. The van der Waals surface area contributed by atoms with E-state index >= 15 is 0 Å². The van der Waals surface area contributed by atoms with E-state index in [9.17, 15) is 9.59 Å². The second-order valence-electron chi connectivity index (χ2n) is 5.98. The molecule has 0 aliphatic heterocycles. The fourth-order valence-corrected chi connectivity index (χ4v) is 2.96. The molecule has 3 nitrogen and oxygen atoms in total. The number of para-hydroxylation sites is 2. The van der Waals surface area contributed by atoms with E-state index in [2.05, 4.69) is 23.2 Å². The van der Waals surface area contributed by atoms with Gasteiger partial charge in [-0.2, -0.15) is 0 Å². The van der Waals surface area contributed by atoms with Gasteiger partial charge in [-0.3, -0.25) is 9.59 Å². The van der Waals surface area contributed by atoms with Gasteiger partial charge in [-0.15, -0.1) is 0 Å². The van der Waals surface area contributed by atoms with Crippen molar-refractivity contribution in [2.24, 2.45) is 0 Å². The van der Waals surface area contributed by atoms with Crippen LogP contribution in [-0.4, -0.2) is 16.6 Å². The average Bonchev–Trinajstić information content (AvgIpc) is 2.70. The molecule has 0 N–H and O–H groups in total. The third-order valence-corrected chi connectivity index (χ3v) is 4.27. The van der Waals surface area contributed by atoms with Crippen LogP contribution in [0.25, 0.3) is 21.8 Å². The summed E-state index contributed by atoms with van der Waals surface area (Å²) in [6.07, 6.45) is 2.62. The Balaban J connectivity index is 0.000000131. The molecule has 3 heteroatoms. The summed E-state index contributed by atoms with van der Waals surface area (Å²) in [5.41, 5.74) is 3.13. The van der Waals surface area contributed by atoms with E-state index in [0.717, 1.165) is 11.0 Å². The molecule has 0 saturated carbocycles. The van der Waals surface area contributed by atoms with Crippen LogP contribution in [0.15, 0.2) is 91.0 Å². The van der Waals surface area contributed by atoms with Gasteiger partial charge < -0.3 is 0 Å². The smallest absolute Gasteiger partial charge is 0.186 e. The quantitative estimate of drug-likeness (QED) is 0.424. The maximum Gasteiger partial charge on any atom is 0.186 e. The van der Waals surface area contributed by atoms with Gasteiger partial charge in [0.1, 0.15) is 0 Å². The van der Waals surface area contributed by atoms with Gasteiger partial charge in [0.2, 0.25) is 0 Å². The van der Waals surface area contributed by atoms with Gasteiger partial charge in [0.25, 0.3) is 0 Å². The predicted molar refractivity (Wildman–Crippen MR) is 103 cm³/mol. The highest BCUT2D eigenvalue weighted by Gasteiger charge is 2.16. The Morgan fingerprint density at radius 1 is 0.538 bits per heavy atom. The molecule has 26 heavy (non-hydrogen) atoms. The first kappa shape index (κ1) is 15.9. The van der Waals surface area contributed by atoms with E-state index in [4.69, 9.17) is 0 Å². The van der Waals surface area contributed by atoms with Gasteiger partial charge in [0.05, 0.1) is 11.0 Å². The molecule has 124 valence electrons. The van der Waals surface area contributed by atoms with Crippen molar-refractivity contribution in [1.29, 1.82) is 0 Å². The average molecular weight is 337 g/mol. The van der Waals surface area contributed by atoms with Crippen molar-refractivity contribution in [3.05, 3.63) is 102 Å². The number of carbonyl (C=O) groups excluding carboxylic acids is 2. The zero-order chi connectivity index (χ0) is 17.9. The van der Waals surface area contributed by atoms with Crippen molar-refractivity contribution >= 4 is 33.4 Å². The molecule has 0 saturated heterocycles. The first-order chi connectivity index (χ1) is 12.7. The van der Waals surface area contributed by atoms with Gasteiger partial charge in [-0.25, -0.2) is 4.98 Å². The van der Waals surface area contributed by atoms with Crippen molar-refractivity contribution in [2.75, 3.05) is 0 Å². The number of ketones is 2. The Hall–Kier alpha value is -3.59. The third-order valence-electron chi connectivity index (χ3n) is 4.27. The van der Waals surface area contributed by atoms with Crippen LogP contribution < -0.4 is 0 Å². The standard InChI is InChI=1S/C13H9N.C10H6O2/c1-3-7-12-10(5-1)9-11-6-2-4-8-13(11)14-12;11-9-5-6-10(12)8-4-2-1-3-7(8)9/h1-9H;1-6H. The fourth-order valence-electron chi connectivity index (χ4n) is 2.96. The molecule has 0 unspecified atom stereocenters. The SMILES string of the molecule is O=C1C=CC(=O)c2ccccc21.c1ccc2nc3ccccc3cc2c1. The van der Waals surface area contributed by atoms with Crippen molar-refractivity contribution in [1.82, 2.24) is 4.98 Å². The van der Waals surface area contributed by atoms with Gasteiger partial charge in [-0.05, 0) is 30.4 Å². The van der Waals surface area contributed by atoms with E-state index in [1.807, 2.05) is 36.4 Å². The number of hydrogen-bond donors (Lipinski definition) is 0. The van der Waals surface area contributed by atoms with Crippen molar-refractivity contribution in [2.45, 2.75) is 0 Å². The Labute approximate surface area is 150 Å². The zero-order valence-electron chi connectivity index (χ0n) is 13.9. The summed E-state index contributed by atoms with van der Waals surface area (Å²) in [7, 11) is 0. The Bertz CT molecular complexity index is 1030. The minimum absolute atomic E-state index is 0.0924. The monoisotopic (exact) mass is 337 g/mol. The maximum atomic E-state index is 11.2. The van der Waals surface area contributed by atoms with Gasteiger partial charge in [-0.1, -0.05) is 60.7 Å². The van der Waals surface area contributed by atoms with E-state index in [1.165, 1.54) is 22.9 Å². The summed E-state index contributed by atoms with van der Waals surface area (Å²) in [5.74, 6) is -0.185. The molecule has 0 amide bonds. The lowest BCUT2D eigenvalue weighted by molar-refractivity contribution is 0.0994. The molecule has 1 aliphatic rings. The van der Waals surface area contributed by atoms with Crippen LogP contribution in [0.1, 0.15) is 20.7 Å². The molecule has 1 aromatic heterocycles. The number of pyridine rings is 1. The van der Waals surface area contributed by atoms with Crippen molar-refractivity contribution < 1.29 is 9.59 Å². The molecule has 5 rings (SSSR count). The van der Waals surface area contributed by atoms with Crippen LogP contribution >= 0.6 is 0 Å². The third kappa shape index (κ3) is 3.03. The van der Waals surface area contributed by atoms with Gasteiger partial charge >= 0.3 is 0 Å². The van der Waals surface area contributed by atoms with Crippen LogP contribution in [0, 0.1) is 0 Å². The van der Waals surface area contributed by atoms with E-state index in [0.29, 0.717) is 11.1 Å². The second kappa shape index (κ2) is 6.73. The molecule has 0 spiro atoms. The summed E-state index contributed by atoms with van der Waals surface area (Å²) in [5, 5.41) is 2.40. The number of allylic oxidation sites excluding steroid dienone is 2. The van der Waals surface area contributed by atoms with Crippen LogP contribution in [-0.2, 0) is 0 Å². The van der Waals surface area contributed by atoms with Gasteiger partial charge in [0.15, 0.2) is 11.6 Å². The fraction of sp³-hybridized carbons (Fsp3) is 0. The summed E-state index contributed by atoms with van der Waals surface area (Å²) < 4.78 is 0. The normalized spacial score (nSPS) is 12.6. The van der Waals surface area contributed by atoms with Gasteiger partial charge in [0, 0.05) is 21.9 Å². The number of hydrogen-bond acceptors (Lipinski definition) is 3. The van der Waals surface area contributed by atoms with Crippen LogP contribution in [0.4, 0.5) is 0 Å². The topological polar surface area (TPSA) is 47.0 Å². The number of carbonyl (C=O) groups is 2. The minimum atomic E-state index is -0.0924. The van der Waals surface area contributed by atoms with Crippen LogP contribution in [0.2, 0.25) is 0 Å². The summed E-state index contributed by atoms with van der Waals surface area (Å²) >= 11 is 0. The number of aromatic nitrogens is 1. The number of nitrogens with zero attached hydrogens (tertiary/aromatic N) is 1. The number of rotatable bonds is 0. The van der Waals surface area contributed by atoms with E-state index in [-0.39, 0.29) is 11.6 Å². The first-order valence-corrected chi connectivity index (χ1v) is 8.33. The molecule has 4 aromatic rings. The lowest BCUT2D eigenvalue weighted by Gasteiger charge is -2.06. The Morgan fingerprint density at radius 3 is 1.46 bits per heavy atom. The predicted octanol–water partition coefficient (Wildman–Crippen LogP) is 5.01. The molecule has 0 fully saturated rings. The molecule has 0 radical (unpaired) electrons. The zero-order valence-corrected chi connectivity index (χ0v) is 13.9. The van der Waals surface area contributed by atoms with Crippen LogP contribution in [0.5, 0.6) is 0 Å². The first-order valence-electron chi connectivity index (χ1n) is 8.33. The minimum Gasteiger partial charge on any atom is -0.289 e. The molecule has 1 aliphatic carbocycles. The van der Waals surface area contributed by atoms with Crippen LogP contribution in [0.3, 0.4) is 0 Å². The van der Waals surface area contributed by atoms with E-state index < -0.39 is 0 Å². The molecule has 0 atom stereocenters. The largest absolute Gasteiger partial charge is 0.289 e. The highest BCUT2D eigenvalue weighted by atomic mass is 16.1. The summed E-state index contributed by atoms with van der Waals surface area (Å²) in [4.78, 5) is 27.0. The van der Waals surface area contributed by atoms with Crippen molar-refractivity contribution in [3.8, 4) is 0 Å². The second-order valence-corrected chi connectivity index (χ2v) is 5.98. The Morgan fingerprint density at radius 2 is 0.962 bits per heavy atom. The Kier molecular flexibility index (Phi) is 4.12. The lowest BCUT2D eigenvalue weighted by atomic mass is 9.95. The van der Waals surface area contributed by atoms with Crippen molar-refractivity contribution in [3.63, 3.8) is 0 Å². The van der Waals surface area contributed by atoms with E-state index in [1.54, 1.807) is 24.3 Å².